The van der Waals surface area contributed by atoms with Gasteiger partial charge in [0.2, 0.25) is 0 Å². The van der Waals surface area contributed by atoms with Gasteiger partial charge in [0.15, 0.2) is 0 Å². The zero-order chi connectivity index (χ0) is 8.81. The molecule has 0 saturated carbocycles. The molecular formula is C10H22N2. The summed E-state index contributed by atoms with van der Waals surface area (Å²) in [6.45, 7) is 5.98. The zero-order valence-electron chi connectivity index (χ0n) is 8.47. The third-order valence-corrected chi connectivity index (χ3v) is 2.60. The Morgan fingerprint density at radius 2 is 2.25 bits per heavy atom. The van der Waals surface area contributed by atoms with Gasteiger partial charge in [0, 0.05) is 12.6 Å². The highest BCUT2D eigenvalue weighted by atomic mass is 15.2. The van der Waals surface area contributed by atoms with Crippen molar-refractivity contribution in [3.63, 3.8) is 0 Å². The summed E-state index contributed by atoms with van der Waals surface area (Å²) in [6.07, 6.45) is 5.38. The summed E-state index contributed by atoms with van der Waals surface area (Å²) < 4.78 is 0. The lowest BCUT2D eigenvalue weighted by molar-refractivity contribution is 0.397. The van der Waals surface area contributed by atoms with E-state index in [0.29, 0.717) is 0 Å². The normalized spacial score (nSPS) is 25.0. The lowest BCUT2D eigenvalue weighted by atomic mass is 10.2. The Balaban J connectivity index is 1.93. The number of likely N-dealkylation sites (N-methyl/N-ethyl adjacent to an activating group) is 1. The van der Waals surface area contributed by atoms with Crippen LogP contribution in [0.2, 0.25) is 0 Å². The van der Waals surface area contributed by atoms with E-state index in [1.165, 1.54) is 45.3 Å². The van der Waals surface area contributed by atoms with Gasteiger partial charge in [0.05, 0.1) is 0 Å². The molecule has 0 unspecified atom stereocenters. The third-order valence-electron chi connectivity index (χ3n) is 2.60. The number of hydrogen-bond donors (Lipinski definition) is 1. The molecule has 0 aliphatic carbocycles. The summed E-state index contributed by atoms with van der Waals surface area (Å²) in [7, 11) is 2.20. The molecule has 2 nitrogen and oxygen atoms in total. The van der Waals surface area contributed by atoms with E-state index in [1.807, 2.05) is 0 Å². The molecule has 0 aromatic carbocycles. The SMILES string of the molecule is CCCCCN[C@@H]1CCN(C)C1. The lowest BCUT2D eigenvalue weighted by Gasteiger charge is -2.11. The molecule has 0 bridgehead atoms. The van der Waals surface area contributed by atoms with Crippen molar-refractivity contribution in [3.8, 4) is 0 Å². The first kappa shape index (κ1) is 10.0. The largest absolute Gasteiger partial charge is 0.313 e. The molecule has 1 rings (SSSR count). The van der Waals surface area contributed by atoms with Crippen LogP contribution in [0.15, 0.2) is 0 Å². The van der Waals surface area contributed by atoms with Crippen LogP contribution in [-0.2, 0) is 0 Å². The van der Waals surface area contributed by atoms with E-state index in [0.717, 1.165) is 6.04 Å². The minimum Gasteiger partial charge on any atom is -0.313 e. The molecule has 1 aliphatic rings. The van der Waals surface area contributed by atoms with Gasteiger partial charge < -0.3 is 10.2 Å². The average molecular weight is 170 g/mol. The first-order chi connectivity index (χ1) is 5.83. The third kappa shape index (κ3) is 3.55. The summed E-state index contributed by atoms with van der Waals surface area (Å²) in [5.74, 6) is 0. The van der Waals surface area contributed by atoms with Gasteiger partial charge in [-0.05, 0) is 33.0 Å². The molecule has 0 spiro atoms. The molecule has 1 atom stereocenters. The van der Waals surface area contributed by atoms with Crippen LogP contribution in [-0.4, -0.2) is 37.6 Å². The van der Waals surface area contributed by atoms with Gasteiger partial charge in [-0.2, -0.15) is 0 Å². The molecule has 12 heavy (non-hydrogen) atoms. The Labute approximate surface area is 76.3 Å². The predicted octanol–water partition coefficient (Wildman–Crippen LogP) is 1.47. The second-order valence-corrected chi connectivity index (χ2v) is 3.91. The fourth-order valence-electron chi connectivity index (χ4n) is 1.78. The standard InChI is InChI=1S/C10H22N2/c1-3-4-5-7-11-10-6-8-12(2)9-10/h10-11H,3-9H2,1-2H3/t10-/m1/s1. The maximum Gasteiger partial charge on any atom is 0.0207 e. The average Bonchev–Trinajstić information content (AvgIpc) is 2.45. The van der Waals surface area contributed by atoms with Crippen molar-refractivity contribution in [2.24, 2.45) is 0 Å². The molecule has 0 amide bonds. The lowest BCUT2D eigenvalue weighted by Crippen LogP contribution is -2.32. The van der Waals surface area contributed by atoms with E-state index in [9.17, 15) is 0 Å². The maximum absolute atomic E-state index is 3.61. The van der Waals surface area contributed by atoms with Gasteiger partial charge in [-0.25, -0.2) is 0 Å². The minimum atomic E-state index is 0.770. The van der Waals surface area contributed by atoms with Crippen molar-refractivity contribution >= 4 is 0 Å². The summed E-state index contributed by atoms with van der Waals surface area (Å²) in [5, 5.41) is 3.61. The van der Waals surface area contributed by atoms with E-state index < -0.39 is 0 Å². The fourth-order valence-corrected chi connectivity index (χ4v) is 1.78. The van der Waals surface area contributed by atoms with Crippen LogP contribution in [0.5, 0.6) is 0 Å². The summed E-state index contributed by atoms with van der Waals surface area (Å²) in [5.41, 5.74) is 0. The van der Waals surface area contributed by atoms with Crippen LogP contribution in [0.1, 0.15) is 32.6 Å². The number of unbranched alkanes of at least 4 members (excludes halogenated alkanes) is 2. The first-order valence-electron chi connectivity index (χ1n) is 5.25. The smallest absolute Gasteiger partial charge is 0.0207 e. The van der Waals surface area contributed by atoms with E-state index in [1.54, 1.807) is 0 Å². The highest BCUT2D eigenvalue weighted by Gasteiger charge is 2.17. The number of nitrogens with one attached hydrogen (secondary N) is 1. The second kappa shape index (κ2) is 5.55. The topological polar surface area (TPSA) is 15.3 Å². The molecule has 1 aliphatic heterocycles. The van der Waals surface area contributed by atoms with Gasteiger partial charge >= 0.3 is 0 Å². The van der Waals surface area contributed by atoms with Crippen LogP contribution in [0.25, 0.3) is 0 Å². The summed E-state index contributed by atoms with van der Waals surface area (Å²) >= 11 is 0. The highest BCUT2D eigenvalue weighted by Crippen LogP contribution is 2.05. The van der Waals surface area contributed by atoms with Crippen LogP contribution in [0.4, 0.5) is 0 Å². The molecule has 1 saturated heterocycles. The summed E-state index contributed by atoms with van der Waals surface area (Å²) in [6, 6.07) is 0.770. The molecule has 1 heterocycles. The van der Waals surface area contributed by atoms with Crippen LogP contribution in [0, 0.1) is 0 Å². The predicted molar refractivity (Wildman–Crippen MR) is 53.4 cm³/mol. The Morgan fingerprint density at radius 1 is 1.42 bits per heavy atom. The molecule has 2 heteroatoms. The van der Waals surface area contributed by atoms with Gasteiger partial charge in [-0.3, -0.25) is 0 Å². The molecule has 1 fully saturated rings. The molecular weight excluding hydrogens is 148 g/mol. The van der Waals surface area contributed by atoms with E-state index in [-0.39, 0.29) is 0 Å². The number of nitrogens with zero attached hydrogens (tertiary/aromatic N) is 1. The van der Waals surface area contributed by atoms with Crippen molar-refractivity contribution < 1.29 is 0 Å². The van der Waals surface area contributed by atoms with Crippen molar-refractivity contribution in [3.05, 3.63) is 0 Å². The molecule has 0 radical (unpaired) electrons. The van der Waals surface area contributed by atoms with E-state index in [2.05, 4.69) is 24.2 Å². The molecule has 72 valence electrons. The van der Waals surface area contributed by atoms with Crippen molar-refractivity contribution in [1.29, 1.82) is 0 Å². The van der Waals surface area contributed by atoms with Crippen LogP contribution < -0.4 is 5.32 Å². The van der Waals surface area contributed by atoms with Crippen molar-refractivity contribution in [2.45, 2.75) is 38.6 Å². The Kier molecular flexibility index (Phi) is 4.62. The van der Waals surface area contributed by atoms with Gasteiger partial charge in [0.25, 0.3) is 0 Å². The van der Waals surface area contributed by atoms with Gasteiger partial charge in [-0.1, -0.05) is 19.8 Å². The zero-order valence-corrected chi connectivity index (χ0v) is 8.47. The molecule has 1 N–H and O–H groups in total. The Bertz CT molecular complexity index is 114. The van der Waals surface area contributed by atoms with Gasteiger partial charge in [0.1, 0.15) is 0 Å². The number of hydrogen-bond acceptors (Lipinski definition) is 2. The van der Waals surface area contributed by atoms with Gasteiger partial charge in [-0.15, -0.1) is 0 Å². The van der Waals surface area contributed by atoms with Crippen molar-refractivity contribution in [2.75, 3.05) is 26.7 Å². The number of likely N-dealkylation sites (tertiary alicyclic amines) is 1. The van der Waals surface area contributed by atoms with Crippen molar-refractivity contribution in [1.82, 2.24) is 10.2 Å². The minimum absolute atomic E-state index is 0.770. The fraction of sp³-hybridized carbons (Fsp3) is 1.00. The molecule has 0 aromatic heterocycles. The van der Waals surface area contributed by atoms with E-state index >= 15 is 0 Å². The molecule has 0 aromatic rings. The van der Waals surface area contributed by atoms with E-state index in [4.69, 9.17) is 0 Å². The maximum atomic E-state index is 3.61. The number of rotatable bonds is 5. The highest BCUT2D eigenvalue weighted by molar-refractivity contribution is 4.78. The van der Waals surface area contributed by atoms with Crippen LogP contribution in [0.3, 0.4) is 0 Å². The second-order valence-electron chi connectivity index (χ2n) is 3.91. The quantitative estimate of drug-likeness (QED) is 0.629. The Morgan fingerprint density at radius 3 is 2.83 bits per heavy atom. The van der Waals surface area contributed by atoms with Crippen LogP contribution >= 0.6 is 0 Å². The first-order valence-corrected chi connectivity index (χ1v) is 5.25. The summed E-state index contributed by atoms with van der Waals surface area (Å²) in [4.78, 5) is 2.40. The monoisotopic (exact) mass is 170 g/mol. The Hall–Kier alpha value is -0.0800.